The lowest BCUT2D eigenvalue weighted by atomic mass is 10.1. The first-order valence-corrected chi connectivity index (χ1v) is 8.66. The van der Waals surface area contributed by atoms with Crippen molar-refractivity contribution < 1.29 is 4.79 Å². The molecule has 1 atom stereocenters. The van der Waals surface area contributed by atoms with Crippen molar-refractivity contribution in [3.63, 3.8) is 0 Å². The lowest BCUT2D eigenvalue weighted by Crippen LogP contribution is -2.41. The predicted molar refractivity (Wildman–Crippen MR) is 90.7 cm³/mol. The van der Waals surface area contributed by atoms with Crippen molar-refractivity contribution >= 4 is 5.91 Å². The van der Waals surface area contributed by atoms with Gasteiger partial charge in [-0.15, -0.1) is 10.2 Å². The average Bonchev–Trinajstić information content (AvgIpc) is 3.07. The number of fused-ring (bicyclic) bond motifs is 1. The fourth-order valence-electron chi connectivity index (χ4n) is 3.30. The molecule has 130 valence electrons. The van der Waals surface area contributed by atoms with Crippen molar-refractivity contribution in [2.24, 2.45) is 0 Å². The Kier molecular flexibility index (Phi) is 4.69. The third kappa shape index (κ3) is 3.49. The molecule has 0 spiro atoms. The number of nitrogens with one attached hydrogen (secondary N) is 1. The molecule has 0 radical (unpaired) electrons. The first-order chi connectivity index (χ1) is 11.4. The standard InChI is InChI=1S/C17H26N6O/c1-11(2)17-20-19-15-6-5-14(10-22(15)17)18-16(24)7-8-23-13(4)9-12(3)21-23/h9,11,14H,5-8,10H2,1-4H3,(H,18,24)/t14-/m1/s1. The third-order valence-electron chi connectivity index (χ3n) is 4.51. The largest absolute Gasteiger partial charge is 0.352 e. The van der Waals surface area contributed by atoms with Crippen LogP contribution in [0.25, 0.3) is 0 Å². The molecule has 1 N–H and O–H groups in total. The predicted octanol–water partition coefficient (Wildman–Crippen LogP) is 1.74. The van der Waals surface area contributed by atoms with E-state index in [-0.39, 0.29) is 11.9 Å². The zero-order valence-electron chi connectivity index (χ0n) is 14.9. The lowest BCUT2D eigenvalue weighted by molar-refractivity contribution is -0.122. The molecular weight excluding hydrogens is 304 g/mol. The van der Waals surface area contributed by atoms with Crippen molar-refractivity contribution in [1.29, 1.82) is 0 Å². The van der Waals surface area contributed by atoms with Gasteiger partial charge in [-0.25, -0.2) is 0 Å². The average molecular weight is 330 g/mol. The van der Waals surface area contributed by atoms with Gasteiger partial charge in [0.1, 0.15) is 11.6 Å². The molecule has 3 heterocycles. The minimum Gasteiger partial charge on any atom is -0.352 e. The summed E-state index contributed by atoms with van der Waals surface area (Å²) in [5.74, 6) is 2.46. The normalized spacial score (nSPS) is 17.1. The molecule has 3 rings (SSSR count). The maximum atomic E-state index is 12.3. The van der Waals surface area contributed by atoms with Crippen molar-refractivity contribution in [2.75, 3.05) is 0 Å². The van der Waals surface area contributed by atoms with E-state index in [1.165, 1.54) is 0 Å². The van der Waals surface area contributed by atoms with Crippen LogP contribution < -0.4 is 5.32 Å². The van der Waals surface area contributed by atoms with Gasteiger partial charge in [0.05, 0.1) is 5.69 Å². The van der Waals surface area contributed by atoms with Gasteiger partial charge < -0.3 is 9.88 Å². The maximum absolute atomic E-state index is 12.3. The Bertz CT molecular complexity index is 730. The maximum Gasteiger partial charge on any atom is 0.222 e. The molecule has 0 aromatic carbocycles. The molecule has 0 saturated heterocycles. The molecular formula is C17H26N6O. The van der Waals surface area contributed by atoms with E-state index in [1.807, 2.05) is 24.6 Å². The highest BCUT2D eigenvalue weighted by atomic mass is 16.1. The first kappa shape index (κ1) is 16.7. The van der Waals surface area contributed by atoms with E-state index in [4.69, 9.17) is 0 Å². The number of aromatic nitrogens is 5. The highest BCUT2D eigenvalue weighted by molar-refractivity contribution is 5.76. The van der Waals surface area contributed by atoms with E-state index in [2.05, 4.69) is 39.0 Å². The summed E-state index contributed by atoms with van der Waals surface area (Å²) < 4.78 is 4.06. The van der Waals surface area contributed by atoms with Crippen molar-refractivity contribution in [3.05, 3.63) is 29.1 Å². The molecule has 7 nitrogen and oxygen atoms in total. The minimum atomic E-state index is 0.0789. The van der Waals surface area contributed by atoms with Crippen LogP contribution >= 0.6 is 0 Å². The second-order valence-electron chi connectivity index (χ2n) is 6.94. The fourth-order valence-corrected chi connectivity index (χ4v) is 3.30. The summed E-state index contributed by atoms with van der Waals surface area (Å²) in [6.45, 7) is 9.60. The topological polar surface area (TPSA) is 77.6 Å². The summed E-state index contributed by atoms with van der Waals surface area (Å²) in [4.78, 5) is 12.3. The highest BCUT2D eigenvalue weighted by Gasteiger charge is 2.24. The van der Waals surface area contributed by atoms with E-state index < -0.39 is 0 Å². The third-order valence-corrected chi connectivity index (χ3v) is 4.51. The first-order valence-electron chi connectivity index (χ1n) is 8.66. The number of hydrogen-bond acceptors (Lipinski definition) is 4. The summed E-state index contributed by atoms with van der Waals surface area (Å²) in [6.07, 6.45) is 2.23. The summed E-state index contributed by atoms with van der Waals surface area (Å²) >= 11 is 0. The van der Waals surface area contributed by atoms with Gasteiger partial charge in [-0.1, -0.05) is 13.8 Å². The molecule has 0 fully saturated rings. The number of hydrogen-bond donors (Lipinski definition) is 1. The Morgan fingerprint density at radius 1 is 1.38 bits per heavy atom. The van der Waals surface area contributed by atoms with Crippen LogP contribution in [0.1, 0.15) is 55.6 Å². The second-order valence-corrected chi connectivity index (χ2v) is 6.94. The van der Waals surface area contributed by atoms with Gasteiger partial charge >= 0.3 is 0 Å². The van der Waals surface area contributed by atoms with Crippen LogP contribution in [-0.2, 0) is 24.3 Å². The van der Waals surface area contributed by atoms with E-state index in [9.17, 15) is 4.79 Å². The van der Waals surface area contributed by atoms with Crippen LogP contribution in [0.4, 0.5) is 0 Å². The quantitative estimate of drug-likeness (QED) is 0.906. The molecule has 2 aromatic rings. The molecule has 1 amide bonds. The molecule has 0 saturated carbocycles. The molecule has 0 unspecified atom stereocenters. The van der Waals surface area contributed by atoms with Crippen molar-refractivity contribution in [1.82, 2.24) is 29.9 Å². The van der Waals surface area contributed by atoms with E-state index in [1.54, 1.807) is 0 Å². The smallest absolute Gasteiger partial charge is 0.222 e. The fraction of sp³-hybridized carbons (Fsp3) is 0.647. The van der Waals surface area contributed by atoms with E-state index in [0.29, 0.717) is 18.9 Å². The minimum absolute atomic E-state index is 0.0789. The van der Waals surface area contributed by atoms with Gasteiger partial charge in [0.2, 0.25) is 5.91 Å². The number of aryl methyl sites for hydroxylation is 4. The highest BCUT2D eigenvalue weighted by Crippen LogP contribution is 2.20. The lowest BCUT2D eigenvalue weighted by Gasteiger charge is -2.26. The molecule has 2 aromatic heterocycles. The monoisotopic (exact) mass is 330 g/mol. The zero-order chi connectivity index (χ0) is 17.3. The summed E-state index contributed by atoms with van der Waals surface area (Å²) in [6, 6.07) is 2.18. The molecule has 1 aliphatic heterocycles. The molecule has 24 heavy (non-hydrogen) atoms. The van der Waals surface area contributed by atoms with Crippen LogP contribution in [0, 0.1) is 13.8 Å². The van der Waals surface area contributed by atoms with Crippen molar-refractivity contribution in [2.45, 2.75) is 72.0 Å². The Balaban J connectivity index is 1.55. The van der Waals surface area contributed by atoms with Gasteiger partial charge in [0, 0.05) is 43.6 Å². The number of nitrogens with zero attached hydrogens (tertiary/aromatic N) is 5. The zero-order valence-corrected chi connectivity index (χ0v) is 14.9. The van der Waals surface area contributed by atoms with Crippen LogP contribution in [0.2, 0.25) is 0 Å². The molecule has 7 heteroatoms. The Labute approximate surface area is 142 Å². The van der Waals surface area contributed by atoms with Gasteiger partial charge in [0.15, 0.2) is 0 Å². The molecule has 0 aliphatic carbocycles. The SMILES string of the molecule is Cc1cc(C)n(CCC(=O)N[C@@H]2CCc3nnc(C(C)C)n3C2)n1. The van der Waals surface area contributed by atoms with Crippen LogP contribution in [-0.4, -0.2) is 36.5 Å². The van der Waals surface area contributed by atoms with Crippen LogP contribution in [0.3, 0.4) is 0 Å². The molecule has 1 aliphatic rings. The van der Waals surface area contributed by atoms with Crippen LogP contribution in [0.5, 0.6) is 0 Å². The molecule has 0 bridgehead atoms. The Hall–Kier alpha value is -2.18. The van der Waals surface area contributed by atoms with Gasteiger partial charge in [-0.05, 0) is 26.3 Å². The van der Waals surface area contributed by atoms with E-state index >= 15 is 0 Å². The van der Waals surface area contributed by atoms with Crippen LogP contribution in [0.15, 0.2) is 6.07 Å². The van der Waals surface area contributed by atoms with E-state index in [0.717, 1.165) is 42.4 Å². The Morgan fingerprint density at radius 2 is 2.17 bits per heavy atom. The van der Waals surface area contributed by atoms with Crippen molar-refractivity contribution in [3.8, 4) is 0 Å². The summed E-state index contributed by atoms with van der Waals surface area (Å²) in [5, 5.41) is 16.1. The summed E-state index contributed by atoms with van der Waals surface area (Å²) in [5.41, 5.74) is 2.08. The van der Waals surface area contributed by atoms with Gasteiger partial charge in [-0.3, -0.25) is 9.48 Å². The van der Waals surface area contributed by atoms with Gasteiger partial charge in [0.25, 0.3) is 0 Å². The number of rotatable bonds is 5. The summed E-state index contributed by atoms with van der Waals surface area (Å²) in [7, 11) is 0. The Morgan fingerprint density at radius 3 is 2.83 bits per heavy atom. The van der Waals surface area contributed by atoms with Gasteiger partial charge in [-0.2, -0.15) is 5.10 Å². The number of carbonyl (C=O) groups excluding carboxylic acids is 1. The second kappa shape index (κ2) is 6.75. The number of carbonyl (C=O) groups is 1. The number of amides is 1.